The first-order valence-electron chi connectivity index (χ1n) is 7.18. The highest BCUT2D eigenvalue weighted by Gasteiger charge is 2.35. The summed E-state index contributed by atoms with van der Waals surface area (Å²) in [4.78, 5) is 13.6. The zero-order chi connectivity index (χ0) is 16.0. The molecule has 0 aliphatic carbocycles. The standard InChI is InChI=1S/C15H15ClN6O/c1-10-5-12-15(21(7-10)11-3-4-17-13(16)6-11)22-9-20(23-2)8-14(22)19-18-12/h3-6,8H,7,9H2,1-2H3. The summed E-state index contributed by atoms with van der Waals surface area (Å²) in [7, 11) is 1.63. The van der Waals surface area contributed by atoms with Gasteiger partial charge in [-0.05, 0) is 25.1 Å². The van der Waals surface area contributed by atoms with Crippen molar-refractivity contribution in [1.82, 2.24) is 14.9 Å². The molecule has 4 heterocycles. The van der Waals surface area contributed by atoms with E-state index in [1.807, 2.05) is 18.3 Å². The van der Waals surface area contributed by atoms with Gasteiger partial charge in [0.2, 0.25) is 0 Å². The van der Waals surface area contributed by atoms with E-state index in [9.17, 15) is 0 Å². The Morgan fingerprint density at radius 1 is 1.26 bits per heavy atom. The smallest absolute Gasteiger partial charge is 0.177 e. The summed E-state index contributed by atoms with van der Waals surface area (Å²) in [5.74, 6) is 1.72. The largest absolute Gasteiger partial charge is 0.322 e. The number of pyridine rings is 1. The van der Waals surface area contributed by atoms with Crippen LogP contribution in [0.25, 0.3) is 0 Å². The normalized spacial score (nSPS) is 19.7. The van der Waals surface area contributed by atoms with Gasteiger partial charge in [-0.25, -0.2) is 10.0 Å². The molecule has 118 valence electrons. The molecule has 0 radical (unpaired) electrons. The van der Waals surface area contributed by atoms with Crippen molar-refractivity contribution in [2.24, 2.45) is 10.2 Å². The summed E-state index contributed by atoms with van der Waals surface area (Å²) >= 11 is 6.07. The average molecular weight is 331 g/mol. The first-order chi connectivity index (χ1) is 11.2. The molecule has 0 saturated carbocycles. The summed E-state index contributed by atoms with van der Waals surface area (Å²) in [6.45, 7) is 3.39. The Hall–Kier alpha value is -2.38. The van der Waals surface area contributed by atoms with Crippen LogP contribution in [0, 0.1) is 0 Å². The lowest BCUT2D eigenvalue weighted by Gasteiger charge is -2.38. The number of allylic oxidation sites excluding steroid dienone is 1. The lowest BCUT2D eigenvalue weighted by molar-refractivity contribution is -0.0952. The van der Waals surface area contributed by atoms with Crippen LogP contribution in [0.1, 0.15) is 6.92 Å². The van der Waals surface area contributed by atoms with E-state index in [0.717, 1.165) is 29.6 Å². The van der Waals surface area contributed by atoms with Crippen LogP contribution >= 0.6 is 11.6 Å². The van der Waals surface area contributed by atoms with Gasteiger partial charge >= 0.3 is 0 Å². The van der Waals surface area contributed by atoms with Crippen molar-refractivity contribution in [2.75, 3.05) is 25.2 Å². The molecule has 4 rings (SSSR count). The maximum atomic E-state index is 6.07. The van der Waals surface area contributed by atoms with Gasteiger partial charge in [-0.15, -0.1) is 10.2 Å². The second-order valence-corrected chi connectivity index (χ2v) is 5.87. The Kier molecular flexibility index (Phi) is 3.32. The average Bonchev–Trinajstić information content (AvgIpc) is 2.97. The van der Waals surface area contributed by atoms with E-state index in [1.165, 1.54) is 5.57 Å². The van der Waals surface area contributed by atoms with E-state index in [2.05, 4.69) is 38.0 Å². The second-order valence-electron chi connectivity index (χ2n) is 5.48. The van der Waals surface area contributed by atoms with E-state index >= 15 is 0 Å². The number of fused-ring (bicyclic) bond motifs is 2. The Bertz CT molecular complexity index is 784. The molecule has 1 aromatic heterocycles. The SMILES string of the molecule is CON1C=C2N=NC3=C(N2C1)N(c1ccnc(Cl)c1)CC(C)=C3. The molecule has 3 aliphatic rings. The topological polar surface area (TPSA) is 56.6 Å². The molecule has 0 amide bonds. The summed E-state index contributed by atoms with van der Waals surface area (Å²) < 4.78 is 0. The molecular weight excluding hydrogens is 316 g/mol. The van der Waals surface area contributed by atoms with Gasteiger partial charge in [-0.2, -0.15) is 0 Å². The fourth-order valence-electron chi connectivity index (χ4n) is 2.86. The van der Waals surface area contributed by atoms with E-state index < -0.39 is 0 Å². The quantitative estimate of drug-likeness (QED) is 0.780. The van der Waals surface area contributed by atoms with Crippen LogP contribution < -0.4 is 4.90 Å². The minimum atomic E-state index is 0.463. The maximum Gasteiger partial charge on any atom is 0.177 e. The molecule has 7 nitrogen and oxygen atoms in total. The third-order valence-electron chi connectivity index (χ3n) is 3.86. The molecule has 0 fully saturated rings. The van der Waals surface area contributed by atoms with Crippen LogP contribution in [0.15, 0.2) is 63.7 Å². The predicted octanol–water partition coefficient (Wildman–Crippen LogP) is 3.07. The third kappa shape index (κ3) is 2.38. The van der Waals surface area contributed by atoms with Crippen molar-refractivity contribution < 1.29 is 4.84 Å². The first kappa shape index (κ1) is 14.2. The van der Waals surface area contributed by atoms with E-state index in [0.29, 0.717) is 11.8 Å². The molecule has 23 heavy (non-hydrogen) atoms. The number of hydrogen-bond donors (Lipinski definition) is 0. The molecule has 0 unspecified atom stereocenters. The summed E-state index contributed by atoms with van der Waals surface area (Å²) in [5, 5.41) is 10.8. The molecule has 1 aromatic rings. The van der Waals surface area contributed by atoms with Crippen LogP contribution in [-0.2, 0) is 4.84 Å². The van der Waals surface area contributed by atoms with Gasteiger partial charge in [0.25, 0.3) is 0 Å². The highest BCUT2D eigenvalue weighted by atomic mass is 35.5. The number of aromatic nitrogens is 1. The van der Waals surface area contributed by atoms with Crippen LogP contribution in [-0.4, -0.2) is 35.3 Å². The molecule has 0 N–H and O–H groups in total. The van der Waals surface area contributed by atoms with Crippen LogP contribution in [0.3, 0.4) is 0 Å². The number of hydrogen-bond acceptors (Lipinski definition) is 7. The van der Waals surface area contributed by atoms with Gasteiger partial charge in [0, 0.05) is 18.4 Å². The number of halogens is 1. The zero-order valence-corrected chi connectivity index (χ0v) is 13.5. The van der Waals surface area contributed by atoms with Crippen molar-refractivity contribution in [3.8, 4) is 0 Å². The number of nitrogens with zero attached hydrogens (tertiary/aromatic N) is 6. The van der Waals surface area contributed by atoms with Crippen molar-refractivity contribution in [3.63, 3.8) is 0 Å². The summed E-state index contributed by atoms with van der Waals surface area (Å²) in [6, 6.07) is 3.79. The van der Waals surface area contributed by atoms with E-state index in [-0.39, 0.29) is 0 Å². The molecular formula is C15H15ClN6O. The monoisotopic (exact) mass is 330 g/mol. The Morgan fingerprint density at radius 3 is 2.91 bits per heavy atom. The molecule has 8 heteroatoms. The van der Waals surface area contributed by atoms with Gasteiger partial charge in [0.15, 0.2) is 5.82 Å². The second kappa shape index (κ2) is 5.36. The zero-order valence-electron chi connectivity index (χ0n) is 12.8. The van der Waals surface area contributed by atoms with Gasteiger partial charge in [0.1, 0.15) is 23.3 Å². The first-order valence-corrected chi connectivity index (χ1v) is 7.56. The molecule has 3 aliphatic heterocycles. The van der Waals surface area contributed by atoms with Crippen molar-refractivity contribution in [1.29, 1.82) is 0 Å². The summed E-state index contributed by atoms with van der Waals surface area (Å²) in [6.07, 6.45) is 5.60. The Labute approximate surface area is 138 Å². The summed E-state index contributed by atoms with van der Waals surface area (Å²) in [5.41, 5.74) is 3.00. The van der Waals surface area contributed by atoms with E-state index in [4.69, 9.17) is 16.4 Å². The Morgan fingerprint density at radius 2 is 2.13 bits per heavy atom. The highest BCUT2D eigenvalue weighted by molar-refractivity contribution is 6.29. The highest BCUT2D eigenvalue weighted by Crippen LogP contribution is 2.37. The molecule has 0 bridgehead atoms. The number of anilines is 1. The number of azo groups is 1. The van der Waals surface area contributed by atoms with Gasteiger partial charge < -0.3 is 4.90 Å². The molecule has 0 atom stereocenters. The van der Waals surface area contributed by atoms with Crippen LogP contribution in [0.5, 0.6) is 0 Å². The minimum absolute atomic E-state index is 0.463. The molecule has 0 aromatic carbocycles. The van der Waals surface area contributed by atoms with Gasteiger partial charge in [-0.1, -0.05) is 17.2 Å². The van der Waals surface area contributed by atoms with Crippen molar-refractivity contribution in [2.45, 2.75) is 6.92 Å². The molecule has 0 saturated heterocycles. The van der Waals surface area contributed by atoms with Gasteiger partial charge in [-0.3, -0.25) is 9.74 Å². The molecule has 0 spiro atoms. The Balaban J connectivity index is 1.80. The van der Waals surface area contributed by atoms with Crippen LogP contribution in [0.2, 0.25) is 5.15 Å². The predicted molar refractivity (Wildman–Crippen MR) is 85.9 cm³/mol. The third-order valence-corrected chi connectivity index (χ3v) is 4.07. The fraction of sp³-hybridized carbons (Fsp3) is 0.267. The minimum Gasteiger partial charge on any atom is -0.322 e. The van der Waals surface area contributed by atoms with Crippen molar-refractivity contribution >= 4 is 17.3 Å². The van der Waals surface area contributed by atoms with Crippen molar-refractivity contribution in [3.05, 3.63) is 58.7 Å². The van der Waals surface area contributed by atoms with Crippen LogP contribution in [0.4, 0.5) is 5.69 Å². The maximum absolute atomic E-state index is 6.07. The number of hydroxylamine groups is 2. The fourth-order valence-corrected chi connectivity index (χ4v) is 3.03. The lowest BCUT2D eigenvalue weighted by Crippen LogP contribution is -2.40. The van der Waals surface area contributed by atoms with Gasteiger partial charge in [0.05, 0.1) is 13.3 Å². The lowest BCUT2D eigenvalue weighted by atomic mass is 10.1. The number of rotatable bonds is 2. The van der Waals surface area contributed by atoms with E-state index in [1.54, 1.807) is 18.4 Å².